The zero-order valence-corrected chi connectivity index (χ0v) is 16.6. The van der Waals surface area contributed by atoms with Crippen molar-refractivity contribution in [3.05, 3.63) is 60.2 Å². The van der Waals surface area contributed by atoms with Gasteiger partial charge in [-0.2, -0.15) is 0 Å². The molecule has 0 radical (unpaired) electrons. The topological polar surface area (TPSA) is 137 Å². The van der Waals surface area contributed by atoms with Gasteiger partial charge >= 0.3 is 12.0 Å². The van der Waals surface area contributed by atoms with Gasteiger partial charge in [-0.05, 0) is 42.3 Å². The van der Waals surface area contributed by atoms with E-state index in [1.807, 2.05) is 23.5 Å². The minimum absolute atomic E-state index is 0.315. The van der Waals surface area contributed by atoms with Crippen LogP contribution < -0.4 is 21.1 Å². The molecule has 158 valence electrons. The molecule has 0 aliphatic rings. The van der Waals surface area contributed by atoms with E-state index < -0.39 is 42.4 Å². The van der Waals surface area contributed by atoms with Gasteiger partial charge < -0.3 is 20.5 Å². The molecule has 0 unspecified atom stereocenters. The number of amides is 4. The highest BCUT2D eigenvalue weighted by molar-refractivity contribution is 5.98. The van der Waals surface area contributed by atoms with Crippen LogP contribution in [0, 0.1) is 5.92 Å². The van der Waals surface area contributed by atoms with E-state index in [4.69, 9.17) is 15.2 Å². The van der Waals surface area contributed by atoms with Crippen LogP contribution >= 0.6 is 0 Å². The Hall–Kier alpha value is -3.88. The van der Waals surface area contributed by atoms with Gasteiger partial charge in [-0.3, -0.25) is 19.7 Å². The summed E-state index contributed by atoms with van der Waals surface area (Å²) in [6.07, 6.45) is -1.21. The SMILES string of the molecule is CC(C)[C@@H](OC(=O)CNC(=O)c1ccc(Oc2ccccc2)cc1)C(=O)NC(N)=O. The van der Waals surface area contributed by atoms with Crippen LogP contribution in [0.1, 0.15) is 24.2 Å². The monoisotopic (exact) mass is 413 g/mol. The fourth-order valence-corrected chi connectivity index (χ4v) is 2.42. The summed E-state index contributed by atoms with van der Waals surface area (Å²) in [7, 11) is 0. The van der Waals surface area contributed by atoms with Crippen molar-refractivity contribution in [2.45, 2.75) is 20.0 Å². The molecule has 0 aliphatic heterocycles. The lowest BCUT2D eigenvalue weighted by Crippen LogP contribution is -2.46. The van der Waals surface area contributed by atoms with E-state index in [1.165, 1.54) is 0 Å². The van der Waals surface area contributed by atoms with E-state index in [9.17, 15) is 19.2 Å². The summed E-state index contributed by atoms with van der Waals surface area (Å²) >= 11 is 0. The molecule has 0 bridgehead atoms. The summed E-state index contributed by atoms with van der Waals surface area (Å²) in [5.41, 5.74) is 5.22. The average molecular weight is 413 g/mol. The van der Waals surface area contributed by atoms with Crippen LogP contribution in [-0.4, -0.2) is 36.5 Å². The molecular formula is C21H23N3O6. The van der Waals surface area contributed by atoms with Crippen LogP contribution in [0.25, 0.3) is 0 Å². The Bertz CT molecular complexity index is 897. The van der Waals surface area contributed by atoms with Gasteiger partial charge in [0.15, 0.2) is 6.10 Å². The molecule has 0 fully saturated rings. The van der Waals surface area contributed by atoms with Crippen LogP contribution in [0.2, 0.25) is 0 Å². The Labute approximate surface area is 173 Å². The standard InChI is InChI=1S/C21H23N3O6/c1-13(2)18(20(27)24-21(22)28)30-17(25)12-23-19(26)14-8-10-16(11-9-14)29-15-6-4-3-5-7-15/h3-11,13,18H,12H2,1-2H3,(H,23,26)(H3,22,24,27,28)/t18-/m1/s1. The van der Waals surface area contributed by atoms with E-state index in [1.54, 1.807) is 50.2 Å². The first kappa shape index (κ1) is 22.4. The fraction of sp³-hybridized carbons (Fsp3) is 0.238. The van der Waals surface area contributed by atoms with Crippen molar-refractivity contribution >= 4 is 23.8 Å². The fourth-order valence-electron chi connectivity index (χ4n) is 2.42. The number of imide groups is 1. The summed E-state index contributed by atoms with van der Waals surface area (Å²) < 4.78 is 10.7. The summed E-state index contributed by atoms with van der Waals surface area (Å²) in [4.78, 5) is 46.9. The molecule has 2 rings (SSSR count). The molecule has 0 spiro atoms. The highest BCUT2D eigenvalue weighted by Crippen LogP contribution is 2.21. The first-order valence-electron chi connectivity index (χ1n) is 9.17. The number of hydrogen-bond acceptors (Lipinski definition) is 6. The third kappa shape index (κ3) is 6.93. The van der Waals surface area contributed by atoms with E-state index in [0.29, 0.717) is 17.1 Å². The molecule has 0 aliphatic carbocycles. The number of nitrogens with two attached hydrogens (primary N) is 1. The summed E-state index contributed by atoms with van der Waals surface area (Å²) in [5, 5.41) is 4.28. The van der Waals surface area contributed by atoms with Gasteiger partial charge in [0, 0.05) is 5.56 Å². The second-order valence-electron chi connectivity index (χ2n) is 6.63. The maximum absolute atomic E-state index is 12.2. The molecule has 2 aromatic rings. The molecular weight excluding hydrogens is 390 g/mol. The zero-order valence-electron chi connectivity index (χ0n) is 16.6. The van der Waals surface area contributed by atoms with Crippen molar-refractivity contribution < 1.29 is 28.7 Å². The minimum atomic E-state index is -1.21. The maximum Gasteiger partial charge on any atom is 0.326 e. The Morgan fingerprint density at radius 1 is 0.933 bits per heavy atom. The lowest BCUT2D eigenvalue weighted by molar-refractivity contribution is -0.157. The van der Waals surface area contributed by atoms with Crippen LogP contribution in [0.4, 0.5) is 4.79 Å². The van der Waals surface area contributed by atoms with E-state index in [-0.39, 0.29) is 0 Å². The number of benzene rings is 2. The van der Waals surface area contributed by atoms with Gasteiger partial charge in [-0.25, -0.2) is 4.79 Å². The minimum Gasteiger partial charge on any atom is -0.457 e. The number of hydrogen-bond donors (Lipinski definition) is 3. The predicted octanol–water partition coefficient (Wildman–Crippen LogP) is 1.97. The summed E-state index contributed by atoms with van der Waals surface area (Å²) in [6.45, 7) is 2.82. The molecule has 2 aromatic carbocycles. The van der Waals surface area contributed by atoms with E-state index >= 15 is 0 Å². The lowest BCUT2D eigenvalue weighted by Gasteiger charge is -2.19. The Balaban J connectivity index is 1.87. The number of rotatable bonds is 8. The van der Waals surface area contributed by atoms with Gasteiger partial charge in [0.1, 0.15) is 18.0 Å². The highest BCUT2D eigenvalue weighted by Gasteiger charge is 2.27. The van der Waals surface area contributed by atoms with Crippen LogP contribution in [0.3, 0.4) is 0 Å². The third-order valence-electron chi connectivity index (χ3n) is 3.86. The van der Waals surface area contributed by atoms with Crippen molar-refractivity contribution in [1.82, 2.24) is 10.6 Å². The predicted molar refractivity (Wildman–Crippen MR) is 108 cm³/mol. The molecule has 4 amide bonds. The third-order valence-corrected chi connectivity index (χ3v) is 3.86. The number of primary amides is 1. The van der Waals surface area contributed by atoms with Crippen molar-refractivity contribution in [2.75, 3.05) is 6.54 Å². The molecule has 4 N–H and O–H groups in total. The second-order valence-corrected chi connectivity index (χ2v) is 6.63. The molecule has 9 heteroatoms. The summed E-state index contributed by atoms with van der Waals surface area (Å²) in [5.74, 6) is -1.34. The molecule has 0 heterocycles. The normalized spacial score (nSPS) is 11.3. The Kier molecular flexibility index (Phi) is 7.92. The highest BCUT2D eigenvalue weighted by atomic mass is 16.5. The largest absolute Gasteiger partial charge is 0.457 e. The number of urea groups is 1. The van der Waals surface area contributed by atoms with Crippen molar-refractivity contribution in [1.29, 1.82) is 0 Å². The average Bonchev–Trinajstić information content (AvgIpc) is 2.70. The van der Waals surface area contributed by atoms with Gasteiger partial charge in [0.05, 0.1) is 0 Å². The first-order chi connectivity index (χ1) is 14.3. The number of nitrogens with one attached hydrogen (secondary N) is 2. The number of para-hydroxylation sites is 1. The number of ether oxygens (including phenoxy) is 2. The molecule has 0 aromatic heterocycles. The second kappa shape index (κ2) is 10.6. The van der Waals surface area contributed by atoms with Gasteiger partial charge in [-0.1, -0.05) is 32.0 Å². The molecule has 9 nitrogen and oxygen atoms in total. The Morgan fingerprint density at radius 3 is 2.10 bits per heavy atom. The summed E-state index contributed by atoms with van der Waals surface area (Å²) in [6, 6.07) is 14.5. The first-order valence-corrected chi connectivity index (χ1v) is 9.17. The van der Waals surface area contributed by atoms with Gasteiger partial charge in [0.25, 0.3) is 11.8 Å². The van der Waals surface area contributed by atoms with E-state index in [0.717, 1.165) is 0 Å². The number of esters is 1. The van der Waals surface area contributed by atoms with E-state index in [2.05, 4.69) is 5.32 Å². The van der Waals surface area contributed by atoms with Crippen LogP contribution in [0.15, 0.2) is 54.6 Å². The van der Waals surface area contributed by atoms with Crippen molar-refractivity contribution in [3.63, 3.8) is 0 Å². The van der Waals surface area contributed by atoms with Crippen molar-refractivity contribution in [3.8, 4) is 11.5 Å². The lowest BCUT2D eigenvalue weighted by atomic mass is 10.1. The van der Waals surface area contributed by atoms with Crippen molar-refractivity contribution in [2.24, 2.45) is 11.7 Å². The molecule has 30 heavy (non-hydrogen) atoms. The maximum atomic E-state index is 12.2. The molecule has 0 saturated heterocycles. The molecule has 0 saturated carbocycles. The number of carbonyl (C=O) groups excluding carboxylic acids is 4. The zero-order chi connectivity index (χ0) is 22.1. The van der Waals surface area contributed by atoms with Gasteiger partial charge in [-0.15, -0.1) is 0 Å². The van der Waals surface area contributed by atoms with Crippen LogP contribution in [0.5, 0.6) is 11.5 Å². The quantitative estimate of drug-likeness (QED) is 0.566. The van der Waals surface area contributed by atoms with Crippen LogP contribution in [-0.2, 0) is 14.3 Å². The van der Waals surface area contributed by atoms with Gasteiger partial charge in [0.2, 0.25) is 0 Å². The molecule has 1 atom stereocenters. The smallest absolute Gasteiger partial charge is 0.326 e. The Morgan fingerprint density at radius 2 is 1.53 bits per heavy atom. The number of carbonyl (C=O) groups is 4.